The lowest BCUT2D eigenvalue weighted by molar-refractivity contribution is -0.242. The number of carbonyl (C=O) groups is 2. The number of carbonyl (C=O) groups excluding carboxylic acids is 2. The molecule has 0 bridgehead atoms. The van der Waals surface area contributed by atoms with Crippen molar-refractivity contribution in [3.05, 3.63) is 29.0 Å². The van der Waals surface area contributed by atoms with Gasteiger partial charge in [0.2, 0.25) is 5.60 Å². The summed E-state index contributed by atoms with van der Waals surface area (Å²) >= 11 is 6.18. The summed E-state index contributed by atoms with van der Waals surface area (Å²) in [5.74, 6) is 0.127. The predicted molar refractivity (Wildman–Crippen MR) is 138 cm³/mol. The molecule has 1 aromatic carbocycles. The number of amides is 1. The summed E-state index contributed by atoms with van der Waals surface area (Å²) in [6.07, 6.45) is -4.72. The fourth-order valence-electron chi connectivity index (χ4n) is 3.93. The Hall–Kier alpha value is -3.00. The van der Waals surface area contributed by atoms with Gasteiger partial charge < -0.3 is 14.3 Å². The maximum absolute atomic E-state index is 13.9. The molecule has 39 heavy (non-hydrogen) atoms. The lowest BCUT2D eigenvalue weighted by atomic mass is 9.88. The summed E-state index contributed by atoms with van der Waals surface area (Å²) < 4.78 is 80.4. The number of fused-ring (bicyclic) bond motifs is 1. The van der Waals surface area contributed by atoms with Crippen LogP contribution in [0.25, 0.3) is 0 Å². The van der Waals surface area contributed by atoms with Crippen LogP contribution in [-0.4, -0.2) is 55.0 Å². The van der Waals surface area contributed by atoms with Crippen LogP contribution in [0.15, 0.2) is 23.2 Å². The Labute approximate surface area is 229 Å². The predicted octanol–water partition coefficient (Wildman–Crippen LogP) is 5.33. The fourth-order valence-corrected chi connectivity index (χ4v) is 5.94. The molecule has 0 radical (unpaired) electrons. The molecular weight excluding hydrogens is 565 g/mol. The number of aromatic nitrogens is 2. The van der Waals surface area contributed by atoms with Gasteiger partial charge in [-0.2, -0.15) is 18.3 Å². The standard InChI is InChI=1S/C24H30ClF3N4O6S/c1-7-31-12-18(20(25)30-31)39(35,36)32-11-15(10-22(3,4)13-33)37-17-9-8-16(14(2)19(17)32)29-21(34)38-23(5,6)24(26,27)28/h8-9,12-13,15H,7,10-11H2,1-6H3,(H,29,34). The minimum atomic E-state index is -4.82. The number of rotatable bonds is 8. The van der Waals surface area contributed by atoms with Gasteiger partial charge in [-0.25, -0.2) is 13.2 Å². The number of halogens is 4. The number of nitrogens with one attached hydrogen (secondary N) is 1. The first-order chi connectivity index (χ1) is 17.8. The van der Waals surface area contributed by atoms with Gasteiger partial charge >= 0.3 is 12.3 Å². The van der Waals surface area contributed by atoms with E-state index < -0.39 is 39.4 Å². The van der Waals surface area contributed by atoms with E-state index in [1.165, 1.54) is 29.9 Å². The fraction of sp³-hybridized carbons (Fsp3) is 0.542. The third kappa shape index (κ3) is 6.26. The molecule has 0 spiro atoms. The Kier molecular flexibility index (Phi) is 8.24. The van der Waals surface area contributed by atoms with Crippen LogP contribution in [0.4, 0.5) is 29.3 Å². The molecule has 1 atom stereocenters. The molecule has 10 nitrogen and oxygen atoms in total. The van der Waals surface area contributed by atoms with Crippen LogP contribution in [0.1, 0.15) is 46.6 Å². The molecule has 15 heteroatoms. The average Bonchev–Trinajstić information content (AvgIpc) is 3.20. The maximum atomic E-state index is 13.9. The highest BCUT2D eigenvalue weighted by molar-refractivity contribution is 7.93. The smallest absolute Gasteiger partial charge is 0.427 e. The summed E-state index contributed by atoms with van der Waals surface area (Å²) in [5, 5.41) is 6.01. The van der Waals surface area contributed by atoms with Crippen molar-refractivity contribution in [2.24, 2.45) is 5.41 Å². The Morgan fingerprint density at radius 1 is 1.28 bits per heavy atom. The van der Waals surface area contributed by atoms with Gasteiger partial charge in [0, 0.05) is 29.4 Å². The van der Waals surface area contributed by atoms with Gasteiger partial charge in [-0.1, -0.05) is 25.4 Å². The van der Waals surface area contributed by atoms with Crippen LogP contribution >= 0.6 is 11.6 Å². The van der Waals surface area contributed by atoms with Crippen LogP contribution in [0.2, 0.25) is 5.15 Å². The number of sulfonamides is 1. The maximum Gasteiger partial charge on any atom is 0.427 e. The first-order valence-corrected chi connectivity index (χ1v) is 13.7. The van der Waals surface area contributed by atoms with Crippen molar-refractivity contribution in [1.29, 1.82) is 0 Å². The van der Waals surface area contributed by atoms with Gasteiger partial charge in [0.25, 0.3) is 10.0 Å². The van der Waals surface area contributed by atoms with Crippen molar-refractivity contribution >= 4 is 45.4 Å². The number of benzene rings is 1. The molecule has 2 aromatic rings. The van der Waals surface area contributed by atoms with Crippen LogP contribution < -0.4 is 14.4 Å². The highest BCUT2D eigenvalue weighted by Crippen LogP contribution is 2.44. The number of hydrogen-bond donors (Lipinski definition) is 1. The van der Waals surface area contributed by atoms with Gasteiger partial charge in [0.1, 0.15) is 23.0 Å². The van der Waals surface area contributed by atoms with Crippen molar-refractivity contribution in [1.82, 2.24) is 9.78 Å². The normalized spacial score (nSPS) is 16.4. The number of ether oxygens (including phenoxy) is 2. The lowest BCUT2D eigenvalue weighted by Gasteiger charge is -2.38. The summed E-state index contributed by atoms with van der Waals surface area (Å²) in [5.41, 5.74) is -3.36. The molecule has 0 saturated heterocycles. The van der Waals surface area contributed by atoms with E-state index in [1.54, 1.807) is 20.8 Å². The Bertz CT molecular complexity index is 1370. The number of aldehydes is 1. The zero-order chi connectivity index (χ0) is 29.6. The molecule has 1 unspecified atom stereocenters. The highest BCUT2D eigenvalue weighted by atomic mass is 35.5. The SMILES string of the molecule is CCn1cc(S(=O)(=O)N2CC(CC(C)(C)C=O)Oc3ccc(NC(=O)OC(C)(C)C(F)(F)F)c(C)c32)c(Cl)n1. The van der Waals surface area contributed by atoms with Crippen LogP contribution in [0.3, 0.4) is 0 Å². The van der Waals surface area contributed by atoms with Crippen LogP contribution in [-0.2, 0) is 26.1 Å². The van der Waals surface area contributed by atoms with Gasteiger partial charge in [-0.15, -0.1) is 0 Å². The largest absolute Gasteiger partial charge is 0.486 e. The summed E-state index contributed by atoms with van der Waals surface area (Å²) in [7, 11) is -4.35. The van der Waals surface area contributed by atoms with Crippen molar-refractivity contribution in [3.63, 3.8) is 0 Å². The monoisotopic (exact) mass is 594 g/mol. The van der Waals surface area contributed by atoms with E-state index in [2.05, 4.69) is 15.2 Å². The molecule has 1 aromatic heterocycles. The van der Waals surface area contributed by atoms with Gasteiger partial charge in [-0.3, -0.25) is 14.3 Å². The Morgan fingerprint density at radius 3 is 2.46 bits per heavy atom. The van der Waals surface area contributed by atoms with Gasteiger partial charge in [0.05, 0.1) is 12.2 Å². The van der Waals surface area contributed by atoms with E-state index >= 15 is 0 Å². The molecule has 0 saturated carbocycles. The van der Waals surface area contributed by atoms with E-state index in [1.807, 2.05) is 0 Å². The highest BCUT2D eigenvalue weighted by Gasteiger charge is 2.51. The molecule has 0 fully saturated rings. The summed E-state index contributed by atoms with van der Waals surface area (Å²) in [6, 6.07) is 2.74. The molecule has 1 N–H and O–H groups in total. The third-order valence-electron chi connectivity index (χ3n) is 6.22. The van der Waals surface area contributed by atoms with Gasteiger partial charge in [0.15, 0.2) is 5.15 Å². The third-order valence-corrected chi connectivity index (χ3v) is 8.38. The molecular formula is C24H30ClF3N4O6S. The van der Waals surface area contributed by atoms with Crippen molar-refractivity contribution in [2.45, 2.75) is 77.3 Å². The van der Waals surface area contributed by atoms with E-state index in [0.29, 0.717) is 20.4 Å². The first kappa shape index (κ1) is 30.5. The van der Waals surface area contributed by atoms with E-state index in [4.69, 9.17) is 16.3 Å². The Balaban J connectivity index is 2.08. The Morgan fingerprint density at radius 2 is 1.92 bits per heavy atom. The minimum absolute atomic E-state index is 0.00236. The molecule has 2 heterocycles. The second-order valence-corrected chi connectivity index (χ2v) is 12.5. The second-order valence-electron chi connectivity index (χ2n) is 10.3. The summed E-state index contributed by atoms with van der Waals surface area (Å²) in [4.78, 5) is 23.6. The summed E-state index contributed by atoms with van der Waals surface area (Å²) in [6.45, 7) is 8.15. The van der Waals surface area contributed by atoms with E-state index in [0.717, 1.165) is 10.6 Å². The van der Waals surface area contributed by atoms with Gasteiger partial charge in [-0.05, 0) is 46.2 Å². The number of alkyl halides is 3. The van der Waals surface area contributed by atoms with Crippen LogP contribution in [0.5, 0.6) is 5.75 Å². The number of nitrogens with zero attached hydrogens (tertiary/aromatic N) is 3. The molecule has 1 aliphatic rings. The lowest BCUT2D eigenvalue weighted by Crippen LogP contribution is -2.46. The average molecular weight is 595 g/mol. The molecule has 1 aliphatic heterocycles. The zero-order valence-corrected chi connectivity index (χ0v) is 23.8. The zero-order valence-electron chi connectivity index (χ0n) is 22.2. The quantitative estimate of drug-likeness (QED) is 0.410. The molecule has 3 rings (SSSR count). The van der Waals surface area contributed by atoms with Crippen molar-refractivity contribution < 1.29 is 40.7 Å². The molecule has 216 valence electrons. The minimum Gasteiger partial charge on any atom is -0.486 e. The van der Waals surface area contributed by atoms with E-state index in [9.17, 15) is 31.2 Å². The van der Waals surface area contributed by atoms with E-state index in [-0.39, 0.29) is 45.7 Å². The number of hydrogen-bond acceptors (Lipinski definition) is 7. The number of aryl methyl sites for hydroxylation is 1. The van der Waals surface area contributed by atoms with Crippen LogP contribution in [0, 0.1) is 12.3 Å². The second kappa shape index (κ2) is 10.5. The molecule has 1 amide bonds. The molecule has 0 aliphatic carbocycles. The van der Waals surface area contributed by atoms with Crippen molar-refractivity contribution in [3.8, 4) is 5.75 Å². The number of anilines is 2. The topological polar surface area (TPSA) is 120 Å². The van der Waals surface area contributed by atoms with Crippen molar-refractivity contribution in [2.75, 3.05) is 16.2 Å². The first-order valence-electron chi connectivity index (χ1n) is 11.9.